The molecule has 3 aromatic carbocycles. The second-order valence-electron chi connectivity index (χ2n) is 5.90. The average Bonchev–Trinajstić information content (AvgIpc) is 2.70. The lowest BCUT2D eigenvalue weighted by Gasteiger charge is -2.08. The number of alkyl halides is 3. The van der Waals surface area contributed by atoms with Crippen molar-refractivity contribution >= 4 is 34.8 Å². The normalized spacial score (nSPS) is 12.5. The lowest BCUT2D eigenvalue weighted by Crippen LogP contribution is -2.05. The van der Waals surface area contributed by atoms with Gasteiger partial charge in [-0.2, -0.15) is 13.2 Å². The van der Waals surface area contributed by atoms with Gasteiger partial charge in [0.15, 0.2) is 0 Å². The Labute approximate surface area is 174 Å². The van der Waals surface area contributed by atoms with Crippen LogP contribution in [-0.2, 0) is 6.18 Å². The van der Waals surface area contributed by atoms with Crippen LogP contribution in [0.25, 0.3) is 0 Å². The maximum absolute atomic E-state index is 13.0. The number of allylic oxidation sites excluding steroid dienone is 1. The van der Waals surface area contributed by atoms with Gasteiger partial charge in [-0.1, -0.05) is 47.6 Å². The Bertz CT molecular complexity index is 1030. The maximum Gasteiger partial charge on any atom is 0.416 e. The van der Waals surface area contributed by atoms with Crippen LogP contribution in [0, 0.1) is 5.82 Å². The minimum Gasteiger partial charge on any atom is -0.247 e. The van der Waals surface area contributed by atoms with Crippen molar-refractivity contribution in [3.8, 4) is 0 Å². The van der Waals surface area contributed by atoms with Crippen LogP contribution in [0.1, 0.15) is 11.1 Å². The fourth-order valence-corrected chi connectivity index (χ4v) is 3.22. The summed E-state index contributed by atoms with van der Waals surface area (Å²) < 4.78 is 51.6. The van der Waals surface area contributed by atoms with Crippen molar-refractivity contribution < 1.29 is 17.6 Å². The lowest BCUT2D eigenvalue weighted by molar-refractivity contribution is -0.137. The third kappa shape index (κ3) is 5.95. The molecule has 0 aliphatic heterocycles. The number of benzene rings is 3. The van der Waals surface area contributed by atoms with Crippen molar-refractivity contribution in [3.63, 3.8) is 0 Å². The van der Waals surface area contributed by atoms with E-state index in [4.69, 9.17) is 11.6 Å². The summed E-state index contributed by atoms with van der Waals surface area (Å²) in [5, 5.41) is 2.16. The fourth-order valence-electron chi connectivity index (χ4n) is 2.39. The summed E-state index contributed by atoms with van der Waals surface area (Å²) in [6.45, 7) is 0. The zero-order valence-electron chi connectivity index (χ0n) is 14.8. The summed E-state index contributed by atoms with van der Waals surface area (Å²) in [6, 6.07) is 17.7. The van der Waals surface area contributed by atoms with Crippen LogP contribution in [0.15, 0.2) is 94.2 Å². The molecule has 29 heavy (non-hydrogen) atoms. The maximum atomic E-state index is 13.0. The largest absolute Gasteiger partial charge is 0.416 e. The van der Waals surface area contributed by atoms with Crippen LogP contribution in [0.2, 0.25) is 5.02 Å². The molecule has 3 rings (SSSR count). The number of halogens is 5. The van der Waals surface area contributed by atoms with Gasteiger partial charge in [0, 0.05) is 10.5 Å². The lowest BCUT2D eigenvalue weighted by atomic mass is 10.1. The number of aliphatic imine (C=N–C) groups is 1. The van der Waals surface area contributed by atoms with Gasteiger partial charge in [-0.05, 0) is 60.0 Å². The van der Waals surface area contributed by atoms with Gasteiger partial charge >= 0.3 is 6.18 Å². The summed E-state index contributed by atoms with van der Waals surface area (Å²) in [5.41, 5.74) is 0.721. The summed E-state index contributed by atoms with van der Waals surface area (Å²) in [4.78, 5) is 5.32. The van der Waals surface area contributed by atoms with Gasteiger partial charge in [-0.15, -0.1) is 0 Å². The Morgan fingerprint density at radius 1 is 0.897 bits per heavy atom. The van der Waals surface area contributed by atoms with E-state index in [0.717, 1.165) is 17.0 Å². The number of nitrogens with zero attached hydrogens (tertiary/aromatic N) is 1. The molecule has 0 N–H and O–H groups in total. The van der Waals surface area contributed by atoms with Crippen LogP contribution >= 0.6 is 23.4 Å². The molecule has 0 atom stereocenters. The third-order valence-corrected chi connectivity index (χ3v) is 4.98. The molecule has 1 nitrogen and oxygen atoms in total. The monoisotopic (exact) mass is 435 g/mol. The van der Waals surface area contributed by atoms with Crippen LogP contribution in [0.5, 0.6) is 0 Å². The zero-order chi connectivity index (χ0) is 20.9. The van der Waals surface area contributed by atoms with Crippen LogP contribution in [0.4, 0.5) is 23.2 Å². The first kappa shape index (κ1) is 21.1. The molecule has 0 aliphatic rings. The third-order valence-electron chi connectivity index (χ3n) is 3.85. The minimum atomic E-state index is -4.41. The molecule has 0 spiro atoms. The van der Waals surface area contributed by atoms with E-state index >= 15 is 0 Å². The number of para-hydroxylation sites is 1. The standard InChI is InChI=1S/C22H14ClF4NS/c23-19-3-1-2-4-21(19)28-20(13-14-29-18-11-9-17(24)10-12-18)15-5-7-16(8-6-15)22(25,26)27/h1-14H/b14-13+,28-20?. The highest BCUT2D eigenvalue weighted by Gasteiger charge is 2.30. The van der Waals surface area contributed by atoms with Crippen molar-refractivity contribution in [2.24, 2.45) is 4.99 Å². The van der Waals surface area contributed by atoms with Crippen molar-refractivity contribution in [1.29, 1.82) is 0 Å². The predicted octanol–water partition coefficient (Wildman–Crippen LogP) is 7.92. The quantitative estimate of drug-likeness (QED) is 0.225. The Morgan fingerprint density at radius 3 is 2.17 bits per heavy atom. The van der Waals surface area contributed by atoms with Crippen molar-refractivity contribution in [2.45, 2.75) is 11.1 Å². The predicted molar refractivity (Wildman–Crippen MR) is 110 cm³/mol. The van der Waals surface area contributed by atoms with Gasteiger partial charge in [-0.25, -0.2) is 9.38 Å². The summed E-state index contributed by atoms with van der Waals surface area (Å²) in [5.74, 6) is -0.330. The van der Waals surface area contributed by atoms with Crippen LogP contribution in [0.3, 0.4) is 0 Å². The number of rotatable bonds is 5. The molecular formula is C22H14ClF4NS. The number of thioether (sulfide) groups is 1. The molecule has 0 fully saturated rings. The van der Waals surface area contributed by atoms with Gasteiger partial charge in [0.2, 0.25) is 0 Å². The smallest absolute Gasteiger partial charge is 0.247 e. The molecule has 0 saturated carbocycles. The molecule has 0 bridgehead atoms. The van der Waals surface area contributed by atoms with Gasteiger partial charge in [0.25, 0.3) is 0 Å². The Hall–Kier alpha value is -2.57. The average molecular weight is 436 g/mol. The van der Waals surface area contributed by atoms with Crippen molar-refractivity contribution in [2.75, 3.05) is 0 Å². The van der Waals surface area contributed by atoms with E-state index in [1.54, 1.807) is 47.9 Å². The molecule has 148 valence electrons. The van der Waals surface area contributed by atoms with E-state index < -0.39 is 11.7 Å². The number of hydrogen-bond donors (Lipinski definition) is 0. The first-order valence-electron chi connectivity index (χ1n) is 8.42. The van der Waals surface area contributed by atoms with E-state index in [2.05, 4.69) is 4.99 Å². The van der Waals surface area contributed by atoms with E-state index in [0.29, 0.717) is 22.0 Å². The van der Waals surface area contributed by atoms with Gasteiger partial charge < -0.3 is 0 Å². The molecule has 0 aromatic heterocycles. The van der Waals surface area contributed by atoms with Crippen LogP contribution < -0.4 is 0 Å². The Morgan fingerprint density at radius 2 is 1.55 bits per heavy atom. The van der Waals surface area contributed by atoms with E-state index in [1.165, 1.54) is 36.0 Å². The summed E-state index contributed by atoms with van der Waals surface area (Å²) >= 11 is 7.50. The SMILES string of the molecule is Fc1ccc(S/C=C/C(=Nc2ccccc2Cl)c2ccc(C(F)(F)F)cc2)cc1. The fraction of sp³-hybridized carbons (Fsp3) is 0.0455. The summed E-state index contributed by atoms with van der Waals surface area (Å²) in [6.07, 6.45) is -2.73. The molecular weight excluding hydrogens is 422 g/mol. The first-order chi connectivity index (χ1) is 13.8. The Balaban J connectivity index is 1.92. The minimum absolute atomic E-state index is 0.330. The van der Waals surface area contributed by atoms with Gasteiger partial charge in [0.1, 0.15) is 5.82 Å². The Kier molecular flexibility index (Phi) is 6.77. The van der Waals surface area contributed by atoms with E-state index in [1.807, 2.05) is 0 Å². The number of hydrogen-bond acceptors (Lipinski definition) is 2. The van der Waals surface area contributed by atoms with Gasteiger partial charge in [-0.3, -0.25) is 0 Å². The summed E-state index contributed by atoms with van der Waals surface area (Å²) in [7, 11) is 0. The second-order valence-corrected chi connectivity index (χ2v) is 7.28. The first-order valence-corrected chi connectivity index (χ1v) is 9.68. The molecule has 0 radical (unpaired) electrons. The van der Waals surface area contributed by atoms with Crippen molar-refractivity contribution in [3.05, 3.63) is 106 Å². The molecule has 0 heterocycles. The van der Waals surface area contributed by atoms with E-state index in [9.17, 15) is 17.6 Å². The molecule has 0 aliphatic carbocycles. The molecule has 7 heteroatoms. The highest BCUT2D eigenvalue weighted by molar-refractivity contribution is 8.02. The second kappa shape index (κ2) is 9.29. The van der Waals surface area contributed by atoms with Crippen LogP contribution in [-0.4, -0.2) is 5.71 Å². The molecule has 0 saturated heterocycles. The highest BCUT2D eigenvalue weighted by atomic mass is 35.5. The van der Waals surface area contributed by atoms with E-state index in [-0.39, 0.29) is 5.82 Å². The van der Waals surface area contributed by atoms with Crippen molar-refractivity contribution in [1.82, 2.24) is 0 Å². The zero-order valence-corrected chi connectivity index (χ0v) is 16.4. The van der Waals surface area contributed by atoms with Gasteiger partial charge in [0.05, 0.1) is 22.0 Å². The topological polar surface area (TPSA) is 12.4 Å². The molecule has 3 aromatic rings. The highest BCUT2D eigenvalue weighted by Crippen LogP contribution is 2.30. The molecule has 0 unspecified atom stereocenters. The molecule has 0 amide bonds.